The van der Waals surface area contributed by atoms with Crippen molar-refractivity contribution in [2.45, 2.75) is 26.0 Å². The van der Waals surface area contributed by atoms with Gasteiger partial charge in [0, 0.05) is 24.8 Å². The Labute approximate surface area is 147 Å². The molecular formula is C19H23N3O3. The molecule has 1 amide bonds. The molecule has 1 unspecified atom stereocenters. The summed E-state index contributed by atoms with van der Waals surface area (Å²) < 4.78 is 11.8. The lowest BCUT2D eigenvalue weighted by atomic mass is 10.1. The average molecular weight is 341 g/mol. The van der Waals surface area contributed by atoms with E-state index in [0.717, 1.165) is 11.5 Å². The smallest absolute Gasteiger partial charge is 0.254 e. The van der Waals surface area contributed by atoms with E-state index in [1.165, 1.54) is 0 Å². The van der Waals surface area contributed by atoms with Gasteiger partial charge >= 0.3 is 0 Å². The maximum absolute atomic E-state index is 12.9. The van der Waals surface area contributed by atoms with Crippen LogP contribution in [0.25, 0.3) is 0 Å². The van der Waals surface area contributed by atoms with Gasteiger partial charge in [-0.15, -0.1) is 0 Å². The number of pyridine rings is 1. The second-order valence-corrected chi connectivity index (χ2v) is 6.23. The zero-order valence-corrected chi connectivity index (χ0v) is 14.7. The van der Waals surface area contributed by atoms with Gasteiger partial charge in [0.15, 0.2) is 17.6 Å². The van der Waals surface area contributed by atoms with Crippen molar-refractivity contribution in [3.8, 4) is 11.5 Å². The minimum absolute atomic E-state index is 0.0412. The van der Waals surface area contributed by atoms with E-state index in [2.05, 4.69) is 10.3 Å². The third-order valence-corrected chi connectivity index (χ3v) is 4.12. The number of aromatic nitrogens is 1. The number of anilines is 1. The van der Waals surface area contributed by atoms with E-state index in [1.807, 2.05) is 38.1 Å². The van der Waals surface area contributed by atoms with Gasteiger partial charge in [-0.2, -0.15) is 0 Å². The maximum atomic E-state index is 12.9. The van der Waals surface area contributed by atoms with Gasteiger partial charge < -0.3 is 19.7 Å². The number of fused-ring (bicyclic) bond motifs is 1. The Morgan fingerprint density at radius 3 is 2.80 bits per heavy atom. The quantitative estimate of drug-likeness (QED) is 0.906. The summed E-state index contributed by atoms with van der Waals surface area (Å²) in [5.41, 5.74) is 0.602. The van der Waals surface area contributed by atoms with E-state index in [-0.39, 0.29) is 18.1 Å². The summed E-state index contributed by atoms with van der Waals surface area (Å²) in [6.07, 6.45) is 1.43. The summed E-state index contributed by atoms with van der Waals surface area (Å²) in [5.74, 6) is 2.09. The third-order valence-electron chi connectivity index (χ3n) is 4.12. The molecule has 0 bridgehead atoms. The number of carbonyl (C=O) groups is 1. The minimum atomic E-state index is -0.202. The molecule has 6 heteroatoms. The standard InChI is InChI=1S/C19H23N3O3/c1-13(2)22(19(23)14-8-9-21-18(10-14)20-3)11-15-12-24-16-6-4-5-7-17(16)25-15/h4-10,13,15H,11-12H2,1-3H3,(H,20,21). The highest BCUT2D eigenvalue weighted by molar-refractivity contribution is 5.95. The number of hydrogen-bond acceptors (Lipinski definition) is 5. The molecule has 0 radical (unpaired) electrons. The molecule has 1 aliphatic heterocycles. The second kappa shape index (κ2) is 7.42. The highest BCUT2D eigenvalue weighted by atomic mass is 16.6. The van der Waals surface area contributed by atoms with Crippen LogP contribution in [0.2, 0.25) is 0 Å². The van der Waals surface area contributed by atoms with E-state index in [1.54, 1.807) is 30.3 Å². The van der Waals surface area contributed by atoms with Crippen molar-refractivity contribution < 1.29 is 14.3 Å². The molecule has 1 aliphatic rings. The van der Waals surface area contributed by atoms with Crippen LogP contribution < -0.4 is 14.8 Å². The Kier molecular flexibility index (Phi) is 5.07. The highest BCUT2D eigenvalue weighted by Gasteiger charge is 2.27. The molecule has 1 N–H and O–H groups in total. The molecule has 0 aliphatic carbocycles. The molecule has 0 spiro atoms. The van der Waals surface area contributed by atoms with Crippen LogP contribution in [-0.4, -0.2) is 48.1 Å². The fourth-order valence-electron chi connectivity index (χ4n) is 2.77. The molecule has 1 atom stereocenters. The van der Waals surface area contributed by atoms with Crippen molar-refractivity contribution in [2.75, 3.05) is 25.5 Å². The summed E-state index contributed by atoms with van der Waals surface area (Å²) in [6, 6.07) is 11.1. The Hall–Kier alpha value is -2.76. The number of amides is 1. The largest absolute Gasteiger partial charge is 0.486 e. The van der Waals surface area contributed by atoms with Crippen molar-refractivity contribution in [3.05, 3.63) is 48.2 Å². The van der Waals surface area contributed by atoms with Crippen LogP contribution >= 0.6 is 0 Å². The number of nitrogens with zero attached hydrogens (tertiary/aromatic N) is 2. The molecule has 6 nitrogen and oxygen atoms in total. The average Bonchev–Trinajstić information content (AvgIpc) is 2.65. The van der Waals surface area contributed by atoms with E-state index >= 15 is 0 Å². The normalized spacial score (nSPS) is 15.8. The first-order valence-electron chi connectivity index (χ1n) is 8.41. The molecule has 1 aromatic heterocycles. The van der Waals surface area contributed by atoms with Gasteiger partial charge in [0.05, 0.1) is 6.54 Å². The Morgan fingerprint density at radius 1 is 1.32 bits per heavy atom. The molecule has 0 fully saturated rings. The first-order valence-corrected chi connectivity index (χ1v) is 8.41. The van der Waals surface area contributed by atoms with Crippen molar-refractivity contribution in [1.29, 1.82) is 0 Å². The Morgan fingerprint density at radius 2 is 2.08 bits per heavy atom. The molecule has 2 heterocycles. The fourth-order valence-corrected chi connectivity index (χ4v) is 2.77. The number of benzene rings is 1. The summed E-state index contributed by atoms with van der Waals surface area (Å²) in [4.78, 5) is 18.9. The summed E-state index contributed by atoms with van der Waals surface area (Å²) in [5, 5.41) is 2.96. The Balaban J connectivity index is 1.74. The monoisotopic (exact) mass is 341 g/mol. The molecule has 0 saturated carbocycles. The van der Waals surface area contributed by atoms with Gasteiger partial charge in [-0.05, 0) is 38.1 Å². The SMILES string of the molecule is CNc1cc(C(=O)N(CC2COc3ccccc3O2)C(C)C)ccn1. The van der Waals surface area contributed by atoms with Crippen LogP contribution in [0.15, 0.2) is 42.6 Å². The molecule has 25 heavy (non-hydrogen) atoms. The van der Waals surface area contributed by atoms with Gasteiger partial charge in [-0.3, -0.25) is 4.79 Å². The number of hydrogen-bond donors (Lipinski definition) is 1. The molecule has 1 aromatic carbocycles. The van der Waals surface area contributed by atoms with Crippen molar-refractivity contribution in [1.82, 2.24) is 9.88 Å². The van der Waals surface area contributed by atoms with E-state index < -0.39 is 0 Å². The van der Waals surface area contributed by atoms with Crippen molar-refractivity contribution >= 4 is 11.7 Å². The van der Waals surface area contributed by atoms with Crippen LogP contribution in [0.4, 0.5) is 5.82 Å². The zero-order chi connectivity index (χ0) is 17.8. The van der Waals surface area contributed by atoms with Gasteiger partial charge in [0.25, 0.3) is 5.91 Å². The van der Waals surface area contributed by atoms with Crippen molar-refractivity contribution in [2.24, 2.45) is 0 Å². The Bertz CT molecular complexity index is 748. The first kappa shape index (κ1) is 17.1. The maximum Gasteiger partial charge on any atom is 0.254 e. The third kappa shape index (κ3) is 3.84. The summed E-state index contributed by atoms with van der Waals surface area (Å²) >= 11 is 0. The molecule has 0 saturated heterocycles. The lowest BCUT2D eigenvalue weighted by Gasteiger charge is -2.33. The summed E-state index contributed by atoms with van der Waals surface area (Å²) in [6.45, 7) is 4.87. The zero-order valence-electron chi connectivity index (χ0n) is 14.7. The van der Waals surface area contributed by atoms with Crippen molar-refractivity contribution in [3.63, 3.8) is 0 Å². The fraction of sp³-hybridized carbons (Fsp3) is 0.368. The lowest BCUT2D eigenvalue weighted by Crippen LogP contribution is -2.46. The van der Waals surface area contributed by atoms with Crippen LogP contribution in [0.5, 0.6) is 11.5 Å². The predicted octanol–water partition coefficient (Wildman–Crippen LogP) is 2.81. The lowest BCUT2D eigenvalue weighted by molar-refractivity contribution is 0.0393. The van der Waals surface area contributed by atoms with E-state index in [9.17, 15) is 4.79 Å². The van der Waals surface area contributed by atoms with Crippen LogP contribution in [0.1, 0.15) is 24.2 Å². The number of para-hydroxylation sites is 2. The molecular weight excluding hydrogens is 318 g/mol. The van der Waals surface area contributed by atoms with Gasteiger partial charge in [0.2, 0.25) is 0 Å². The number of nitrogens with one attached hydrogen (secondary N) is 1. The highest BCUT2D eigenvalue weighted by Crippen LogP contribution is 2.31. The number of rotatable bonds is 5. The van der Waals surface area contributed by atoms with Crippen LogP contribution in [-0.2, 0) is 0 Å². The molecule has 132 valence electrons. The predicted molar refractivity (Wildman–Crippen MR) is 96.3 cm³/mol. The topological polar surface area (TPSA) is 63.7 Å². The number of ether oxygens (including phenoxy) is 2. The first-order chi connectivity index (χ1) is 12.1. The van der Waals surface area contributed by atoms with E-state index in [0.29, 0.717) is 24.5 Å². The van der Waals surface area contributed by atoms with Crippen LogP contribution in [0, 0.1) is 0 Å². The second-order valence-electron chi connectivity index (χ2n) is 6.23. The van der Waals surface area contributed by atoms with Gasteiger partial charge in [-0.1, -0.05) is 12.1 Å². The number of carbonyl (C=O) groups excluding carboxylic acids is 1. The summed E-state index contributed by atoms with van der Waals surface area (Å²) in [7, 11) is 1.78. The van der Waals surface area contributed by atoms with Gasteiger partial charge in [-0.25, -0.2) is 4.98 Å². The van der Waals surface area contributed by atoms with Crippen LogP contribution in [0.3, 0.4) is 0 Å². The molecule has 2 aromatic rings. The van der Waals surface area contributed by atoms with Gasteiger partial charge in [0.1, 0.15) is 12.4 Å². The molecule has 3 rings (SSSR count). The van der Waals surface area contributed by atoms with E-state index in [4.69, 9.17) is 9.47 Å². The minimum Gasteiger partial charge on any atom is -0.486 e.